The summed E-state index contributed by atoms with van der Waals surface area (Å²) in [5, 5.41) is 22.4. The van der Waals surface area contributed by atoms with E-state index < -0.39 is 12.1 Å². The predicted molar refractivity (Wildman–Crippen MR) is 152 cm³/mol. The van der Waals surface area contributed by atoms with Gasteiger partial charge in [-0.2, -0.15) is 0 Å². The van der Waals surface area contributed by atoms with Gasteiger partial charge in [-0.1, -0.05) is 115 Å². The van der Waals surface area contributed by atoms with Crippen molar-refractivity contribution in [2.45, 2.75) is 148 Å². The lowest BCUT2D eigenvalue weighted by Gasteiger charge is -2.20. The summed E-state index contributed by atoms with van der Waals surface area (Å²) >= 11 is 0. The summed E-state index contributed by atoms with van der Waals surface area (Å²) < 4.78 is 0. The lowest BCUT2D eigenvalue weighted by Crippen LogP contribution is -2.45. The third-order valence-electron chi connectivity index (χ3n) is 6.37. The number of aliphatic hydroxyl groups excluding tert-OH is 2. The fraction of sp³-hybridized carbons (Fsp3) is 0.774. The molecule has 0 aromatic heterocycles. The zero-order valence-electron chi connectivity index (χ0n) is 23.1. The van der Waals surface area contributed by atoms with Crippen molar-refractivity contribution in [2.75, 3.05) is 6.61 Å². The minimum Gasteiger partial charge on any atom is -0.394 e. The van der Waals surface area contributed by atoms with Crippen LogP contribution in [0.2, 0.25) is 0 Å². The summed E-state index contributed by atoms with van der Waals surface area (Å²) in [6.07, 6.45) is 33.8. The third-order valence-corrected chi connectivity index (χ3v) is 6.37. The van der Waals surface area contributed by atoms with Crippen LogP contribution in [0.1, 0.15) is 136 Å². The molecule has 0 saturated carbocycles. The maximum absolute atomic E-state index is 12.1. The number of rotatable bonds is 25. The number of nitrogens with one attached hydrogen (secondary N) is 1. The number of amides is 1. The highest BCUT2D eigenvalue weighted by Crippen LogP contribution is 2.11. The van der Waals surface area contributed by atoms with Gasteiger partial charge in [-0.3, -0.25) is 4.79 Å². The van der Waals surface area contributed by atoms with Crippen LogP contribution in [0.3, 0.4) is 0 Å². The van der Waals surface area contributed by atoms with Crippen molar-refractivity contribution >= 4 is 5.91 Å². The van der Waals surface area contributed by atoms with E-state index in [1.165, 1.54) is 83.5 Å². The predicted octanol–water partition coefficient (Wildman–Crippen LogP) is 7.94. The van der Waals surface area contributed by atoms with Crippen molar-refractivity contribution in [3.63, 3.8) is 0 Å². The Kier molecular flexibility index (Phi) is 26.1. The molecule has 0 fully saturated rings. The molecule has 2 unspecified atom stereocenters. The van der Waals surface area contributed by atoms with Crippen LogP contribution in [-0.2, 0) is 4.79 Å². The van der Waals surface area contributed by atoms with Crippen LogP contribution >= 0.6 is 0 Å². The molecule has 0 saturated heterocycles. The first kappa shape index (κ1) is 33.6. The van der Waals surface area contributed by atoms with Crippen molar-refractivity contribution < 1.29 is 15.0 Å². The molecule has 1 amide bonds. The first-order valence-electron chi connectivity index (χ1n) is 14.7. The Bertz CT molecular complexity index is 541. The number of allylic oxidation sites excluding steroid dienone is 5. The molecule has 4 nitrogen and oxygen atoms in total. The first-order valence-corrected chi connectivity index (χ1v) is 14.7. The Balaban J connectivity index is 3.60. The lowest BCUT2D eigenvalue weighted by atomic mass is 10.1. The van der Waals surface area contributed by atoms with Crippen molar-refractivity contribution in [1.82, 2.24) is 5.32 Å². The van der Waals surface area contributed by atoms with Crippen LogP contribution in [0.4, 0.5) is 0 Å². The average molecular weight is 492 g/mol. The summed E-state index contributed by atoms with van der Waals surface area (Å²) in [6, 6.07) is -0.620. The monoisotopic (exact) mass is 491 g/mol. The fourth-order valence-corrected chi connectivity index (χ4v) is 4.03. The van der Waals surface area contributed by atoms with E-state index in [0.717, 1.165) is 32.1 Å². The van der Waals surface area contributed by atoms with Gasteiger partial charge in [0, 0.05) is 6.42 Å². The van der Waals surface area contributed by atoms with Crippen molar-refractivity contribution in [3.05, 3.63) is 36.5 Å². The maximum atomic E-state index is 12.1. The van der Waals surface area contributed by atoms with E-state index >= 15 is 0 Å². The molecule has 0 aromatic carbocycles. The summed E-state index contributed by atoms with van der Waals surface area (Å²) in [7, 11) is 0. The highest BCUT2D eigenvalue weighted by Gasteiger charge is 2.17. The van der Waals surface area contributed by atoms with Gasteiger partial charge in [0.15, 0.2) is 0 Å². The van der Waals surface area contributed by atoms with Gasteiger partial charge in [-0.25, -0.2) is 0 Å². The van der Waals surface area contributed by atoms with Crippen LogP contribution in [-0.4, -0.2) is 34.9 Å². The van der Waals surface area contributed by atoms with Gasteiger partial charge >= 0.3 is 0 Å². The number of unbranched alkanes of at least 4 members (excludes halogenated alkanes) is 14. The Morgan fingerprint density at radius 1 is 0.686 bits per heavy atom. The highest BCUT2D eigenvalue weighted by molar-refractivity contribution is 5.76. The molecular weight excluding hydrogens is 434 g/mol. The number of aliphatic hydroxyl groups is 2. The molecule has 0 heterocycles. The second-order valence-corrected chi connectivity index (χ2v) is 9.81. The molecule has 35 heavy (non-hydrogen) atoms. The van der Waals surface area contributed by atoms with Gasteiger partial charge in [-0.05, 0) is 51.4 Å². The average Bonchev–Trinajstić information content (AvgIpc) is 2.86. The summed E-state index contributed by atoms with van der Waals surface area (Å²) in [4.78, 5) is 12.1. The maximum Gasteiger partial charge on any atom is 0.220 e. The van der Waals surface area contributed by atoms with E-state index in [0.29, 0.717) is 6.42 Å². The van der Waals surface area contributed by atoms with E-state index in [1.54, 1.807) is 6.08 Å². The molecule has 0 aliphatic heterocycles. The number of hydrogen-bond acceptors (Lipinski definition) is 3. The normalized spacial score (nSPS) is 13.8. The van der Waals surface area contributed by atoms with Crippen LogP contribution in [0.15, 0.2) is 36.5 Å². The summed E-state index contributed by atoms with van der Waals surface area (Å²) in [6.45, 7) is 4.16. The second-order valence-electron chi connectivity index (χ2n) is 9.81. The minimum atomic E-state index is -0.836. The fourth-order valence-electron chi connectivity index (χ4n) is 4.03. The molecular formula is C31H57NO3. The molecule has 4 heteroatoms. The van der Waals surface area contributed by atoms with Crippen LogP contribution in [0, 0.1) is 0 Å². The molecule has 3 N–H and O–H groups in total. The van der Waals surface area contributed by atoms with E-state index in [2.05, 4.69) is 43.5 Å². The summed E-state index contributed by atoms with van der Waals surface area (Å²) in [5.74, 6) is -0.0828. The molecule has 204 valence electrons. The topological polar surface area (TPSA) is 69.6 Å². The highest BCUT2D eigenvalue weighted by atomic mass is 16.3. The Morgan fingerprint density at radius 3 is 1.77 bits per heavy atom. The SMILES string of the molecule is CCCCC/C=C/C(O)C(CO)NC(=O)CCCCCCCCC/C=C\C/C=C\CCCCCC. The third kappa shape index (κ3) is 24.1. The standard InChI is InChI=1S/C31H57NO3/c1-3-5-7-9-10-11-12-13-14-15-16-17-18-19-20-21-23-25-27-31(35)32-29(28-33)30(34)26-24-22-8-6-4-2/h11-12,14-15,24,26,29-30,33-34H,3-10,13,16-23,25,27-28H2,1-2H3,(H,32,35)/b12-11-,15-14-,26-24+. The van der Waals surface area contributed by atoms with Gasteiger partial charge in [0.05, 0.1) is 18.8 Å². The van der Waals surface area contributed by atoms with Gasteiger partial charge in [0.2, 0.25) is 5.91 Å². The Hall–Kier alpha value is -1.39. The molecule has 0 bridgehead atoms. The van der Waals surface area contributed by atoms with Gasteiger partial charge in [0.25, 0.3) is 0 Å². The number of carbonyl (C=O) groups is 1. The molecule has 0 aliphatic carbocycles. The number of carbonyl (C=O) groups excluding carboxylic acids is 1. The molecule has 2 atom stereocenters. The number of hydrogen-bond donors (Lipinski definition) is 3. The molecule has 0 spiro atoms. The van der Waals surface area contributed by atoms with E-state index in [4.69, 9.17) is 0 Å². The van der Waals surface area contributed by atoms with Crippen molar-refractivity contribution in [2.24, 2.45) is 0 Å². The zero-order chi connectivity index (χ0) is 25.8. The first-order chi connectivity index (χ1) is 17.2. The molecule has 0 rings (SSSR count). The summed E-state index contributed by atoms with van der Waals surface area (Å²) in [5.41, 5.74) is 0. The Labute approximate surface area is 217 Å². The Morgan fingerprint density at radius 2 is 1.17 bits per heavy atom. The van der Waals surface area contributed by atoms with E-state index in [-0.39, 0.29) is 12.5 Å². The lowest BCUT2D eigenvalue weighted by molar-refractivity contribution is -0.123. The largest absolute Gasteiger partial charge is 0.394 e. The van der Waals surface area contributed by atoms with Crippen LogP contribution in [0.25, 0.3) is 0 Å². The molecule has 0 radical (unpaired) electrons. The zero-order valence-corrected chi connectivity index (χ0v) is 23.1. The van der Waals surface area contributed by atoms with Gasteiger partial charge < -0.3 is 15.5 Å². The quantitative estimate of drug-likeness (QED) is 0.0896. The van der Waals surface area contributed by atoms with Crippen LogP contribution in [0.5, 0.6) is 0 Å². The van der Waals surface area contributed by atoms with Crippen molar-refractivity contribution in [3.8, 4) is 0 Å². The van der Waals surface area contributed by atoms with E-state index in [9.17, 15) is 15.0 Å². The van der Waals surface area contributed by atoms with Gasteiger partial charge in [0.1, 0.15) is 0 Å². The van der Waals surface area contributed by atoms with Crippen LogP contribution < -0.4 is 5.32 Å². The van der Waals surface area contributed by atoms with Crippen molar-refractivity contribution in [1.29, 1.82) is 0 Å². The van der Waals surface area contributed by atoms with Gasteiger partial charge in [-0.15, -0.1) is 0 Å². The second kappa shape index (κ2) is 27.2. The molecule has 0 aliphatic rings. The molecule has 0 aromatic rings. The minimum absolute atomic E-state index is 0.0828. The van der Waals surface area contributed by atoms with E-state index in [1.807, 2.05) is 6.08 Å². The smallest absolute Gasteiger partial charge is 0.220 e.